The summed E-state index contributed by atoms with van der Waals surface area (Å²) in [5, 5.41) is 6.53. The number of fused-ring (bicyclic) bond motifs is 8. The zero-order chi connectivity index (χ0) is 31.9. The third-order valence-electron chi connectivity index (χ3n) is 10.6. The van der Waals surface area contributed by atoms with E-state index in [4.69, 9.17) is 16.6 Å². The van der Waals surface area contributed by atoms with Crippen molar-refractivity contribution < 1.29 is 4.42 Å². The van der Waals surface area contributed by atoms with Crippen molar-refractivity contribution in [2.75, 3.05) is 0 Å². The molecule has 0 aliphatic heterocycles. The fraction of sp³-hybridized carbons (Fsp3) is 0.133. The fourth-order valence-corrected chi connectivity index (χ4v) is 8.57. The summed E-state index contributed by atoms with van der Waals surface area (Å²) in [4.78, 5) is 0. The van der Waals surface area contributed by atoms with Crippen LogP contribution in [0.4, 0.5) is 0 Å². The van der Waals surface area contributed by atoms with Crippen molar-refractivity contribution in [1.82, 2.24) is 0 Å². The topological polar surface area (TPSA) is 13.1 Å². The van der Waals surface area contributed by atoms with E-state index < -0.39 is 0 Å². The molecule has 0 saturated carbocycles. The first-order chi connectivity index (χ1) is 23.0. The molecule has 2 heteroatoms. The number of thiocarbonyl (C=S) groups is 1. The SMILES string of the molecule is Cc1c(/C=C\C=S)c(-c2cccc3c2-c2ccccc2C3(C)C)c2ccccc2c1-c1cccc2oc3cc4c(cc3c12)C=CCC4. The van der Waals surface area contributed by atoms with Gasteiger partial charge in [0, 0.05) is 21.6 Å². The molecule has 0 radical (unpaired) electrons. The zero-order valence-electron chi connectivity index (χ0n) is 26.9. The van der Waals surface area contributed by atoms with Crippen LogP contribution >= 0.6 is 12.2 Å². The van der Waals surface area contributed by atoms with E-state index in [1.165, 1.54) is 88.3 Å². The third-order valence-corrected chi connectivity index (χ3v) is 10.8. The summed E-state index contributed by atoms with van der Waals surface area (Å²) >= 11 is 5.36. The van der Waals surface area contributed by atoms with Gasteiger partial charge in [-0.3, -0.25) is 0 Å². The maximum Gasteiger partial charge on any atom is 0.136 e. The smallest absolute Gasteiger partial charge is 0.136 e. The molecular weight excluding hydrogens is 589 g/mol. The molecule has 1 heterocycles. The summed E-state index contributed by atoms with van der Waals surface area (Å²) in [5.74, 6) is 0. The van der Waals surface area contributed by atoms with E-state index in [9.17, 15) is 0 Å². The Morgan fingerprint density at radius 3 is 2.28 bits per heavy atom. The number of furan rings is 1. The lowest BCUT2D eigenvalue weighted by Gasteiger charge is -2.23. The maximum absolute atomic E-state index is 6.57. The summed E-state index contributed by atoms with van der Waals surface area (Å²) in [6.45, 7) is 6.98. The molecule has 6 aromatic carbocycles. The molecule has 0 spiro atoms. The van der Waals surface area contributed by atoms with Gasteiger partial charge in [-0.1, -0.05) is 129 Å². The number of hydrogen-bond acceptors (Lipinski definition) is 2. The van der Waals surface area contributed by atoms with Gasteiger partial charge in [-0.05, 0) is 115 Å². The molecule has 0 amide bonds. The number of rotatable bonds is 4. The number of allylic oxidation sites excluding steroid dienone is 2. The summed E-state index contributed by atoms with van der Waals surface area (Å²) in [6, 6.07) is 35.8. The average molecular weight is 623 g/mol. The number of aryl methyl sites for hydroxylation is 1. The Labute approximate surface area is 280 Å². The molecule has 1 nitrogen and oxygen atoms in total. The second-order valence-corrected chi connectivity index (χ2v) is 13.8. The lowest BCUT2D eigenvalue weighted by Crippen LogP contribution is -2.14. The van der Waals surface area contributed by atoms with Crippen LogP contribution in [-0.4, -0.2) is 5.37 Å². The van der Waals surface area contributed by atoms with Gasteiger partial charge in [0.05, 0.1) is 0 Å². The van der Waals surface area contributed by atoms with Crippen molar-refractivity contribution >= 4 is 62.4 Å². The third kappa shape index (κ3) is 4.04. The van der Waals surface area contributed by atoms with Crippen LogP contribution in [-0.2, 0) is 11.8 Å². The lowest BCUT2D eigenvalue weighted by atomic mass is 9.79. The van der Waals surface area contributed by atoms with Gasteiger partial charge in [0.1, 0.15) is 11.2 Å². The van der Waals surface area contributed by atoms with Crippen molar-refractivity contribution in [2.24, 2.45) is 0 Å². The monoisotopic (exact) mass is 622 g/mol. The van der Waals surface area contributed by atoms with E-state index in [0.29, 0.717) is 0 Å². The van der Waals surface area contributed by atoms with Gasteiger partial charge >= 0.3 is 0 Å². The van der Waals surface area contributed by atoms with E-state index in [0.717, 1.165) is 24.0 Å². The minimum absolute atomic E-state index is 0.0799. The van der Waals surface area contributed by atoms with Crippen molar-refractivity contribution in [3.63, 3.8) is 0 Å². The van der Waals surface area contributed by atoms with Crippen LogP contribution in [0.2, 0.25) is 0 Å². The van der Waals surface area contributed by atoms with Crippen molar-refractivity contribution in [3.05, 3.63) is 143 Å². The first-order valence-electron chi connectivity index (χ1n) is 16.5. The highest BCUT2D eigenvalue weighted by Crippen LogP contribution is 2.54. The minimum atomic E-state index is -0.0799. The van der Waals surface area contributed by atoms with Crippen LogP contribution in [0, 0.1) is 6.92 Å². The van der Waals surface area contributed by atoms with Gasteiger partial charge in [0.2, 0.25) is 0 Å². The molecule has 47 heavy (non-hydrogen) atoms. The highest BCUT2D eigenvalue weighted by Gasteiger charge is 2.37. The van der Waals surface area contributed by atoms with Gasteiger partial charge in [0.25, 0.3) is 0 Å². The summed E-state index contributed by atoms with van der Waals surface area (Å²) in [7, 11) is 0. The molecule has 0 saturated heterocycles. The van der Waals surface area contributed by atoms with E-state index in [1.54, 1.807) is 5.37 Å². The van der Waals surface area contributed by atoms with E-state index >= 15 is 0 Å². The summed E-state index contributed by atoms with van der Waals surface area (Å²) in [6.07, 6.45) is 10.9. The second kappa shape index (κ2) is 10.5. The Balaban J connectivity index is 1.40. The van der Waals surface area contributed by atoms with Crippen LogP contribution in [0.5, 0.6) is 0 Å². The van der Waals surface area contributed by atoms with Crippen LogP contribution in [0.1, 0.15) is 53.6 Å². The molecule has 0 fully saturated rings. The van der Waals surface area contributed by atoms with E-state index in [2.05, 4.69) is 136 Å². The Kier molecular flexibility index (Phi) is 6.29. The molecule has 2 aliphatic carbocycles. The first kappa shape index (κ1) is 28.2. The van der Waals surface area contributed by atoms with Crippen molar-refractivity contribution in [2.45, 2.75) is 39.0 Å². The molecule has 0 unspecified atom stereocenters. The number of benzene rings is 6. The molecule has 0 atom stereocenters. The van der Waals surface area contributed by atoms with Crippen LogP contribution < -0.4 is 0 Å². The Bertz CT molecular complexity index is 2520. The van der Waals surface area contributed by atoms with Crippen molar-refractivity contribution in [1.29, 1.82) is 0 Å². The van der Waals surface area contributed by atoms with Crippen LogP contribution in [0.3, 0.4) is 0 Å². The van der Waals surface area contributed by atoms with Gasteiger partial charge in [-0.15, -0.1) is 0 Å². The van der Waals surface area contributed by atoms with Crippen LogP contribution in [0.15, 0.2) is 114 Å². The van der Waals surface area contributed by atoms with Gasteiger partial charge in [-0.25, -0.2) is 0 Å². The highest BCUT2D eigenvalue weighted by molar-refractivity contribution is 7.79. The number of hydrogen-bond donors (Lipinski definition) is 0. The Hall–Kier alpha value is -5.05. The van der Waals surface area contributed by atoms with Crippen LogP contribution in [0.25, 0.3) is 78.2 Å². The van der Waals surface area contributed by atoms with Gasteiger partial charge in [0.15, 0.2) is 0 Å². The molecule has 0 bridgehead atoms. The van der Waals surface area contributed by atoms with Gasteiger partial charge in [-0.2, -0.15) is 0 Å². The van der Waals surface area contributed by atoms with Gasteiger partial charge < -0.3 is 4.42 Å². The largest absolute Gasteiger partial charge is 0.456 e. The van der Waals surface area contributed by atoms with E-state index in [-0.39, 0.29) is 5.41 Å². The predicted octanol–water partition coefficient (Wildman–Crippen LogP) is 12.7. The lowest BCUT2D eigenvalue weighted by molar-refractivity contribution is 0.660. The second-order valence-electron chi connectivity index (χ2n) is 13.5. The zero-order valence-corrected chi connectivity index (χ0v) is 27.7. The fourth-order valence-electron chi connectivity index (χ4n) is 8.49. The molecule has 1 aromatic heterocycles. The highest BCUT2D eigenvalue weighted by atomic mass is 32.1. The Morgan fingerprint density at radius 1 is 0.702 bits per heavy atom. The molecule has 9 rings (SSSR count). The molecule has 0 N–H and O–H groups in total. The molecule has 226 valence electrons. The average Bonchev–Trinajstić information content (AvgIpc) is 3.58. The quantitative estimate of drug-likeness (QED) is 0.143. The van der Waals surface area contributed by atoms with Crippen molar-refractivity contribution in [3.8, 4) is 33.4 Å². The first-order valence-corrected chi connectivity index (χ1v) is 17.0. The molecule has 7 aromatic rings. The Morgan fingerprint density at radius 2 is 1.43 bits per heavy atom. The summed E-state index contributed by atoms with van der Waals surface area (Å²) < 4.78 is 6.57. The standard InChI is InChI=1S/C45H34OS/c1-27-30(20-12-24-47)42(35-18-10-22-38-43(35)33-17-8-9-21-37(33)45(38,2)3)32-16-7-6-15-31(32)41(27)34-19-11-23-39-44(34)36-25-28-13-4-5-14-29(28)26-40(36)46-39/h4,6-13,15-26H,5,14H2,1-3H3/b20-12-. The minimum Gasteiger partial charge on any atom is -0.456 e. The maximum atomic E-state index is 6.57. The van der Waals surface area contributed by atoms with E-state index in [1.807, 2.05) is 6.08 Å². The molecule has 2 aliphatic rings. The molecular formula is C45H34OS. The summed E-state index contributed by atoms with van der Waals surface area (Å²) in [5.41, 5.74) is 17.3. The normalized spacial score (nSPS) is 14.6. The predicted molar refractivity (Wildman–Crippen MR) is 204 cm³/mol.